The molecule has 0 aromatic carbocycles. The Bertz CT molecular complexity index is 1300. The molecule has 9 rings (SSSR count). The average molecular weight is 511 g/mol. The van der Waals surface area contributed by atoms with Crippen LogP contribution in [-0.2, 0) is 33.3 Å². The van der Waals surface area contributed by atoms with Crippen molar-refractivity contribution in [1.29, 1.82) is 0 Å². The number of aliphatic hydroxyl groups excluding tert-OH is 1. The van der Waals surface area contributed by atoms with Crippen molar-refractivity contribution in [2.24, 2.45) is 27.6 Å². The van der Waals surface area contributed by atoms with E-state index >= 15 is 0 Å². The average Bonchev–Trinajstić information content (AvgIpc) is 3.41. The zero-order valence-corrected chi connectivity index (χ0v) is 21.0. The van der Waals surface area contributed by atoms with Crippen LogP contribution in [0, 0.1) is 27.6 Å². The zero-order chi connectivity index (χ0) is 25.8. The number of hydrogen-bond donors (Lipinski definition) is 1. The molecule has 5 heterocycles. The largest absolute Gasteiger partial charge is 0.472 e. The monoisotopic (exact) mass is 510 g/mol. The molecule has 2 bridgehead atoms. The fourth-order valence-electron chi connectivity index (χ4n) is 10.5. The summed E-state index contributed by atoms with van der Waals surface area (Å²) in [5.74, 6) is -1.48. The second-order valence-electron chi connectivity index (χ2n) is 12.9. The summed E-state index contributed by atoms with van der Waals surface area (Å²) in [4.78, 5) is 40.5. The summed E-state index contributed by atoms with van der Waals surface area (Å²) in [7, 11) is 0. The van der Waals surface area contributed by atoms with Crippen LogP contribution in [0.4, 0.5) is 0 Å². The minimum Gasteiger partial charge on any atom is -0.472 e. The van der Waals surface area contributed by atoms with Gasteiger partial charge in [0.2, 0.25) is 0 Å². The van der Waals surface area contributed by atoms with E-state index in [1.165, 1.54) is 0 Å². The maximum atomic E-state index is 14.6. The van der Waals surface area contributed by atoms with Crippen molar-refractivity contribution >= 4 is 17.7 Å². The van der Waals surface area contributed by atoms with Gasteiger partial charge in [0.15, 0.2) is 11.9 Å². The highest BCUT2D eigenvalue weighted by atomic mass is 16.7. The normalized spacial score (nSPS) is 54.2. The van der Waals surface area contributed by atoms with Crippen molar-refractivity contribution < 1.29 is 42.9 Å². The number of hydrogen-bond acceptors (Lipinski definition) is 9. The molecule has 196 valence electrons. The lowest BCUT2D eigenvalue weighted by Crippen LogP contribution is -2.79. The van der Waals surface area contributed by atoms with E-state index in [-0.39, 0.29) is 30.7 Å². The lowest BCUT2D eigenvalue weighted by Gasteiger charge is -2.68. The van der Waals surface area contributed by atoms with Crippen LogP contribution in [0.5, 0.6) is 0 Å². The second kappa shape index (κ2) is 6.21. The molecule has 9 heteroatoms. The van der Waals surface area contributed by atoms with Crippen molar-refractivity contribution in [1.82, 2.24) is 0 Å². The van der Waals surface area contributed by atoms with Gasteiger partial charge in [-0.2, -0.15) is 0 Å². The second-order valence-corrected chi connectivity index (χ2v) is 12.9. The Kier molecular flexibility index (Phi) is 3.78. The van der Waals surface area contributed by atoms with Crippen molar-refractivity contribution in [3.63, 3.8) is 0 Å². The summed E-state index contributed by atoms with van der Waals surface area (Å²) >= 11 is 0. The van der Waals surface area contributed by atoms with Crippen molar-refractivity contribution in [2.45, 2.75) is 82.1 Å². The SMILES string of the molecule is CC1(C)O[C@H]2CC(=O)OC[C@@]23[C@@H]2CC[C@@]4(C)[C@H](c5ccoc5)OC(=O)[C@H]5O[C@@]54[C@@]24CC=C[C@]13C(=O)[C@H]4O. The Hall–Kier alpha value is -2.49. The standard InChI is InChI=1S/C28H30O9/c1-23(2)27-8-4-7-25(18(30)19(27)31)15(26(27)13-34-17(29)11-16(26)36-23)5-9-24(3)20(14-6-10-33-12-14)35-22(32)21-28(24,25)37-21/h4,6,8,10,12,15-16,18,20-21,30H,5,7,9,11,13H2,1-3H3/t15-,16+,18-,20+,21-,24+,25+,26-,27+,28+/m1/s1. The molecule has 1 aromatic heterocycles. The molecule has 9 nitrogen and oxygen atoms in total. The van der Waals surface area contributed by atoms with Crippen LogP contribution >= 0.6 is 0 Å². The molecule has 8 aliphatic rings. The highest BCUT2D eigenvalue weighted by molar-refractivity contribution is 5.97. The van der Waals surface area contributed by atoms with Crippen LogP contribution < -0.4 is 0 Å². The number of rotatable bonds is 1. The van der Waals surface area contributed by atoms with Crippen molar-refractivity contribution in [2.75, 3.05) is 6.61 Å². The molecule has 4 saturated heterocycles. The summed E-state index contributed by atoms with van der Waals surface area (Å²) in [6, 6.07) is 1.78. The zero-order valence-electron chi connectivity index (χ0n) is 21.0. The highest BCUT2D eigenvalue weighted by Gasteiger charge is 2.94. The Labute approximate surface area is 213 Å². The van der Waals surface area contributed by atoms with Crippen LogP contribution in [0.15, 0.2) is 35.2 Å². The lowest BCUT2D eigenvalue weighted by molar-refractivity contribution is -0.262. The molecule has 10 atom stereocenters. The van der Waals surface area contributed by atoms with Crippen LogP contribution in [0.1, 0.15) is 58.1 Å². The first kappa shape index (κ1) is 22.5. The summed E-state index contributed by atoms with van der Waals surface area (Å²) in [6.45, 7) is 5.82. The van der Waals surface area contributed by atoms with Crippen molar-refractivity contribution in [3.8, 4) is 0 Å². The Morgan fingerprint density at radius 1 is 1.05 bits per heavy atom. The Balaban J connectivity index is 1.40. The topological polar surface area (TPSA) is 125 Å². The van der Waals surface area contributed by atoms with Gasteiger partial charge in [0.1, 0.15) is 24.4 Å². The van der Waals surface area contributed by atoms with E-state index in [1.807, 2.05) is 32.9 Å². The number of Topliss-reactive ketones (excluding diaryl/α,β-unsaturated/α-hetero) is 1. The number of epoxide rings is 1. The third kappa shape index (κ3) is 1.95. The third-order valence-electron chi connectivity index (χ3n) is 11.7. The quantitative estimate of drug-likeness (QED) is 0.344. The maximum absolute atomic E-state index is 14.6. The van der Waals surface area contributed by atoms with Gasteiger partial charge in [0, 0.05) is 16.4 Å². The number of furan rings is 1. The number of ketones is 1. The van der Waals surface area contributed by atoms with Gasteiger partial charge >= 0.3 is 11.9 Å². The molecule has 1 aromatic rings. The number of ether oxygens (including phenoxy) is 4. The van der Waals surface area contributed by atoms with Gasteiger partial charge in [-0.15, -0.1) is 0 Å². The van der Waals surface area contributed by atoms with Crippen LogP contribution in [0.2, 0.25) is 0 Å². The van der Waals surface area contributed by atoms with E-state index in [1.54, 1.807) is 18.6 Å². The van der Waals surface area contributed by atoms with E-state index in [9.17, 15) is 19.5 Å². The fourth-order valence-corrected chi connectivity index (χ4v) is 10.5. The van der Waals surface area contributed by atoms with Gasteiger partial charge in [-0.05, 0) is 45.1 Å². The van der Waals surface area contributed by atoms with E-state index < -0.39 is 63.2 Å². The number of esters is 2. The minimum atomic E-state index is -1.39. The predicted octanol–water partition coefficient (Wildman–Crippen LogP) is 2.42. The molecule has 1 N–H and O–H groups in total. The summed E-state index contributed by atoms with van der Waals surface area (Å²) < 4.78 is 30.1. The van der Waals surface area contributed by atoms with Crippen molar-refractivity contribution in [3.05, 3.63) is 36.3 Å². The third-order valence-corrected chi connectivity index (χ3v) is 11.7. The molecule has 2 saturated carbocycles. The number of carbonyl (C=O) groups excluding carboxylic acids is 3. The minimum absolute atomic E-state index is 0.0300. The molecule has 4 spiro atoms. The van der Waals surface area contributed by atoms with E-state index in [2.05, 4.69) is 0 Å². The molecule has 37 heavy (non-hydrogen) atoms. The van der Waals surface area contributed by atoms with E-state index in [0.29, 0.717) is 19.3 Å². The first-order chi connectivity index (χ1) is 17.5. The smallest absolute Gasteiger partial charge is 0.339 e. The first-order valence-electron chi connectivity index (χ1n) is 13.2. The molecule has 0 unspecified atom stereocenters. The fraction of sp³-hybridized carbons (Fsp3) is 0.679. The summed E-state index contributed by atoms with van der Waals surface area (Å²) in [5, 5.41) is 12.2. The predicted molar refractivity (Wildman–Crippen MR) is 123 cm³/mol. The van der Waals surface area contributed by atoms with E-state index in [4.69, 9.17) is 23.4 Å². The van der Waals surface area contributed by atoms with Crippen LogP contribution in [-0.4, -0.2) is 58.9 Å². The van der Waals surface area contributed by atoms with Crippen LogP contribution in [0.25, 0.3) is 0 Å². The summed E-state index contributed by atoms with van der Waals surface area (Å²) in [6.07, 6.45) is 5.20. The molecular weight excluding hydrogens is 480 g/mol. The molecule has 6 fully saturated rings. The molecule has 0 radical (unpaired) electrons. The highest BCUT2D eigenvalue weighted by Crippen LogP contribution is 2.84. The Morgan fingerprint density at radius 2 is 1.86 bits per heavy atom. The van der Waals surface area contributed by atoms with Crippen LogP contribution in [0.3, 0.4) is 0 Å². The van der Waals surface area contributed by atoms with Gasteiger partial charge in [0.25, 0.3) is 0 Å². The van der Waals surface area contributed by atoms with Gasteiger partial charge in [-0.1, -0.05) is 19.1 Å². The number of carbonyl (C=O) groups is 3. The Morgan fingerprint density at radius 3 is 2.62 bits per heavy atom. The number of fused-ring (bicyclic) bond motifs is 2. The lowest BCUT2D eigenvalue weighted by atomic mass is 9.33. The molecule has 4 aliphatic heterocycles. The molecular formula is C28H30O9. The molecule has 0 amide bonds. The molecule has 4 aliphatic carbocycles. The number of aliphatic hydroxyl groups is 1. The first-order valence-corrected chi connectivity index (χ1v) is 13.2. The van der Waals surface area contributed by atoms with Gasteiger partial charge in [0.05, 0.1) is 41.5 Å². The number of allylic oxidation sites excluding steroid dienone is 1. The van der Waals surface area contributed by atoms with Gasteiger partial charge < -0.3 is 28.5 Å². The number of cyclic esters (lactones) is 2. The van der Waals surface area contributed by atoms with Gasteiger partial charge in [-0.3, -0.25) is 9.59 Å². The van der Waals surface area contributed by atoms with E-state index in [0.717, 1.165) is 5.56 Å². The van der Waals surface area contributed by atoms with Gasteiger partial charge in [-0.25, -0.2) is 4.79 Å². The summed E-state index contributed by atoms with van der Waals surface area (Å²) in [5.41, 5.74) is -5.28. The maximum Gasteiger partial charge on any atom is 0.339 e.